The van der Waals surface area contributed by atoms with Gasteiger partial charge in [-0.05, 0) is 48.5 Å². The molecule has 8 heteroatoms. The zero-order valence-corrected chi connectivity index (χ0v) is 16.1. The number of ether oxygens (including phenoxy) is 1. The highest BCUT2D eigenvalue weighted by atomic mass is 33.7. The summed E-state index contributed by atoms with van der Waals surface area (Å²) < 4.78 is 1.80. The third-order valence-corrected chi connectivity index (χ3v) is 34.2. The van der Waals surface area contributed by atoms with E-state index in [-0.39, 0.29) is 5.75 Å². The first-order valence-corrected chi connectivity index (χ1v) is 15.7. The molecule has 1 aliphatic rings. The number of methoxy groups -OCH3 is 1. The number of benzene rings is 2. The number of phenols is 1. The Morgan fingerprint density at radius 3 is 1.71 bits per heavy atom. The van der Waals surface area contributed by atoms with Gasteiger partial charge in [0.15, 0.2) is 0 Å². The molecule has 110 valence electrons. The predicted molar refractivity (Wildman–Crippen MR) is 104 cm³/mol. The number of aromatic hydroxyl groups is 1. The fourth-order valence-electron chi connectivity index (χ4n) is 1.88. The summed E-state index contributed by atoms with van der Waals surface area (Å²) in [6.07, 6.45) is 0. The van der Waals surface area contributed by atoms with Crippen LogP contribution >= 0.6 is 30.9 Å². The van der Waals surface area contributed by atoms with Crippen molar-refractivity contribution in [3.63, 3.8) is 0 Å². The molecule has 2 aromatic carbocycles. The Hall–Kier alpha value is 0.0400. The van der Waals surface area contributed by atoms with Crippen molar-refractivity contribution in [3.8, 4) is 11.5 Å². The summed E-state index contributed by atoms with van der Waals surface area (Å²) in [6.45, 7) is 0. The molecule has 0 amide bonds. The van der Waals surface area contributed by atoms with E-state index in [0.29, 0.717) is 0 Å². The van der Waals surface area contributed by atoms with Crippen molar-refractivity contribution >= 4 is 65.1 Å². The Bertz CT molecular complexity index is 745. The van der Waals surface area contributed by atoms with E-state index in [1.54, 1.807) is 41.2 Å². The smallest absolute Gasteiger partial charge is 0.118 e. The van der Waals surface area contributed by atoms with Crippen molar-refractivity contribution in [2.75, 3.05) is 7.11 Å². The third kappa shape index (κ3) is 3.08. The molecule has 0 atom stereocenters. The van der Waals surface area contributed by atoms with Crippen LogP contribution in [0.15, 0.2) is 48.5 Å². The Morgan fingerprint density at radius 2 is 1.29 bits per heavy atom. The molecule has 1 saturated heterocycles. The van der Waals surface area contributed by atoms with Crippen LogP contribution in [0.1, 0.15) is 0 Å². The molecule has 1 fully saturated rings. The second-order valence-corrected chi connectivity index (χ2v) is 25.7. The molecule has 0 aromatic heterocycles. The average molecular weight is 390 g/mol. The zero-order chi connectivity index (χ0) is 15.1. The first kappa shape index (κ1) is 15.9. The van der Waals surface area contributed by atoms with Gasteiger partial charge in [-0.2, -0.15) is 0 Å². The van der Waals surface area contributed by atoms with Crippen LogP contribution in [0.2, 0.25) is 0 Å². The van der Waals surface area contributed by atoms with Gasteiger partial charge in [0.1, 0.15) is 11.5 Å². The van der Waals surface area contributed by atoms with Crippen LogP contribution in [-0.4, -0.2) is 12.2 Å². The minimum absolute atomic E-state index is 0.269. The number of rotatable bonds is 3. The van der Waals surface area contributed by atoms with Crippen molar-refractivity contribution in [1.82, 2.24) is 0 Å². The molecule has 2 aromatic rings. The summed E-state index contributed by atoms with van der Waals surface area (Å²) in [6, 6.07) is 15.2. The summed E-state index contributed by atoms with van der Waals surface area (Å²) in [7, 11) is 1.66. The topological polar surface area (TPSA) is 29.5 Å². The van der Waals surface area contributed by atoms with Crippen LogP contribution < -0.4 is 15.3 Å². The Balaban J connectivity index is 1.83. The molecule has 21 heavy (non-hydrogen) atoms. The van der Waals surface area contributed by atoms with E-state index in [9.17, 15) is 5.11 Å². The molecule has 1 heterocycles. The van der Waals surface area contributed by atoms with Gasteiger partial charge >= 0.3 is 0 Å². The van der Waals surface area contributed by atoms with Crippen molar-refractivity contribution < 1.29 is 9.84 Å². The minimum Gasteiger partial charge on any atom is -0.508 e. The fraction of sp³-hybridized carbons (Fsp3) is 0.0769. The van der Waals surface area contributed by atoms with Crippen molar-refractivity contribution in [2.24, 2.45) is 0 Å². The third-order valence-electron chi connectivity index (χ3n) is 2.98. The maximum Gasteiger partial charge on any atom is 0.118 e. The SMILES string of the molecule is COc1ccc(P2(=S)SP(=S)(c3ccc(O)cc3)S2)cc1. The lowest BCUT2D eigenvalue weighted by atomic mass is 10.3. The maximum atomic E-state index is 9.38. The van der Waals surface area contributed by atoms with Gasteiger partial charge in [0, 0.05) is 10.6 Å². The van der Waals surface area contributed by atoms with Gasteiger partial charge in [-0.25, -0.2) is 0 Å². The molecular formula is C13H12O2P2S4. The van der Waals surface area contributed by atoms with E-state index in [4.69, 9.17) is 28.4 Å². The number of hydrogen-bond acceptors (Lipinski definition) is 6. The molecule has 2 nitrogen and oxygen atoms in total. The molecule has 3 rings (SSSR count). The van der Waals surface area contributed by atoms with Crippen LogP contribution in [0.3, 0.4) is 0 Å². The Kier molecular flexibility index (Phi) is 4.48. The first-order valence-electron chi connectivity index (χ1n) is 6.02. The van der Waals surface area contributed by atoms with Gasteiger partial charge in [-0.3, -0.25) is 0 Å². The van der Waals surface area contributed by atoms with Gasteiger partial charge < -0.3 is 9.84 Å². The van der Waals surface area contributed by atoms with Crippen LogP contribution in [0, 0.1) is 0 Å². The van der Waals surface area contributed by atoms with Gasteiger partial charge in [-0.15, -0.1) is 0 Å². The highest BCUT2D eigenvalue weighted by Crippen LogP contribution is 3.04. The first-order chi connectivity index (χ1) is 9.95. The van der Waals surface area contributed by atoms with Gasteiger partial charge in [0.05, 0.1) is 16.0 Å². The van der Waals surface area contributed by atoms with Gasteiger partial charge in [-0.1, -0.05) is 45.6 Å². The molecule has 0 aliphatic carbocycles. The van der Waals surface area contributed by atoms with E-state index in [1.165, 1.54) is 5.30 Å². The fourth-order valence-corrected chi connectivity index (χ4v) is 44.2. The van der Waals surface area contributed by atoms with E-state index < -0.39 is 8.88 Å². The Morgan fingerprint density at radius 1 is 0.857 bits per heavy atom. The molecule has 0 radical (unpaired) electrons. The van der Waals surface area contributed by atoms with E-state index in [2.05, 4.69) is 12.1 Å². The molecule has 1 N–H and O–H groups in total. The number of hydrogen-bond donors (Lipinski definition) is 1. The molecule has 0 saturated carbocycles. The summed E-state index contributed by atoms with van der Waals surface area (Å²) in [5.41, 5.74) is 0. The van der Waals surface area contributed by atoms with Crippen LogP contribution in [0.5, 0.6) is 11.5 Å². The molecule has 0 bridgehead atoms. The lowest BCUT2D eigenvalue weighted by Gasteiger charge is -2.40. The normalized spacial score (nSPS) is 27.9. The average Bonchev–Trinajstić information content (AvgIpc) is 2.46. The summed E-state index contributed by atoms with van der Waals surface area (Å²) in [5.74, 6) is 1.11. The van der Waals surface area contributed by atoms with Gasteiger partial charge in [0.25, 0.3) is 0 Å². The summed E-state index contributed by atoms with van der Waals surface area (Å²) in [5, 5.41) is 11.7. The van der Waals surface area contributed by atoms with Crippen LogP contribution in [-0.2, 0) is 23.6 Å². The second kappa shape index (κ2) is 5.92. The van der Waals surface area contributed by atoms with Crippen molar-refractivity contribution in [3.05, 3.63) is 48.5 Å². The lowest BCUT2D eigenvalue weighted by Crippen LogP contribution is -2.08. The second-order valence-electron chi connectivity index (χ2n) is 4.37. The summed E-state index contributed by atoms with van der Waals surface area (Å²) >= 11 is 15.3. The number of phenolic OH excluding ortho intramolecular Hbond substituents is 1. The molecule has 0 spiro atoms. The molecular weight excluding hydrogens is 378 g/mol. The minimum atomic E-state index is -1.70. The quantitative estimate of drug-likeness (QED) is 0.779. The lowest BCUT2D eigenvalue weighted by molar-refractivity contribution is 0.415. The highest BCUT2D eigenvalue weighted by molar-refractivity contribution is 9.48. The monoisotopic (exact) mass is 390 g/mol. The largest absolute Gasteiger partial charge is 0.508 e. The molecule has 0 unspecified atom stereocenters. The summed E-state index contributed by atoms with van der Waals surface area (Å²) in [4.78, 5) is 0. The molecule has 1 aliphatic heterocycles. The Labute approximate surface area is 141 Å². The van der Waals surface area contributed by atoms with Crippen molar-refractivity contribution in [1.29, 1.82) is 0 Å². The van der Waals surface area contributed by atoms with E-state index in [0.717, 1.165) is 11.1 Å². The van der Waals surface area contributed by atoms with Gasteiger partial charge in [0.2, 0.25) is 0 Å². The van der Waals surface area contributed by atoms with E-state index in [1.807, 2.05) is 24.3 Å². The standard InChI is InChI=1S/C13H12O2P2S4/c1-15-11-4-8-13(9-5-11)17(19)20-16(18,21-17)12-6-2-10(14)3-7-12/h2-9,14H,1H3. The predicted octanol–water partition coefficient (Wildman–Crippen LogP) is 4.45. The van der Waals surface area contributed by atoms with E-state index >= 15 is 0 Å². The highest BCUT2D eigenvalue weighted by Gasteiger charge is 2.45. The zero-order valence-electron chi connectivity index (χ0n) is 11.0. The maximum absolute atomic E-state index is 9.38. The van der Waals surface area contributed by atoms with Crippen molar-refractivity contribution in [2.45, 2.75) is 0 Å². The van der Waals surface area contributed by atoms with Crippen LogP contribution in [0.25, 0.3) is 0 Å². The van der Waals surface area contributed by atoms with Crippen LogP contribution in [0.4, 0.5) is 0 Å².